The highest BCUT2D eigenvalue weighted by Gasteiger charge is 2.12. The molecule has 2 rings (SSSR count). The van der Waals surface area contributed by atoms with E-state index in [0.29, 0.717) is 0 Å². The minimum absolute atomic E-state index is 0. The third-order valence-electron chi connectivity index (χ3n) is 2.96. The highest BCUT2D eigenvalue weighted by Crippen LogP contribution is 2.23. The van der Waals surface area contributed by atoms with E-state index in [1.165, 1.54) is 32.1 Å². The second kappa shape index (κ2) is 8.66. The normalized spacial score (nSPS) is 15.8. The van der Waals surface area contributed by atoms with E-state index in [0.717, 1.165) is 18.3 Å². The summed E-state index contributed by atoms with van der Waals surface area (Å²) in [6.07, 6.45) is 8.87. The molecule has 0 saturated heterocycles. The Morgan fingerprint density at radius 2 is 1.88 bits per heavy atom. The Balaban J connectivity index is 0.00000112. The van der Waals surface area contributed by atoms with Crippen LogP contribution in [0.5, 0.6) is 0 Å². The Hall–Kier alpha value is -0.470. The molecule has 4 heteroatoms. The molecule has 1 aromatic heterocycles. The lowest BCUT2D eigenvalue weighted by atomic mass is 9.89. The SMILES string of the molecule is Cl.Cl.c1ccc(NCC2CCCCC2)nc1. The number of hydrogen-bond donors (Lipinski definition) is 1. The summed E-state index contributed by atoms with van der Waals surface area (Å²) >= 11 is 0. The van der Waals surface area contributed by atoms with Gasteiger partial charge in [0, 0.05) is 12.7 Å². The van der Waals surface area contributed by atoms with Crippen LogP contribution in [0.25, 0.3) is 0 Å². The maximum atomic E-state index is 4.25. The van der Waals surface area contributed by atoms with Gasteiger partial charge in [-0.3, -0.25) is 0 Å². The first kappa shape index (κ1) is 15.5. The highest BCUT2D eigenvalue weighted by molar-refractivity contribution is 5.85. The number of anilines is 1. The largest absolute Gasteiger partial charge is 0.370 e. The molecule has 0 aromatic carbocycles. The molecule has 0 unspecified atom stereocenters. The van der Waals surface area contributed by atoms with Gasteiger partial charge in [-0.2, -0.15) is 0 Å². The zero-order valence-corrected chi connectivity index (χ0v) is 11.0. The van der Waals surface area contributed by atoms with Gasteiger partial charge < -0.3 is 5.32 Å². The van der Waals surface area contributed by atoms with Gasteiger partial charge in [0.25, 0.3) is 0 Å². The van der Waals surface area contributed by atoms with E-state index in [1.54, 1.807) is 0 Å². The Morgan fingerprint density at radius 3 is 2.50 bits per heavy atom. The minimum Gasteiger partial charge on any atom is -0.370 e. The van der Waals surface area contributed by atoms with Crippen LogP contribution in [0.2, 0.25) is 0 Å². The van der Waals surface area contributed by atoms with Crippen LogP contribution in [0.4, 0.5) is 5.82 Å². The van der Waals surface area contributed by atoms with Crippen molar-refractivity contribution < 1.29 is 0 Å². The fraction of sp³-hybridized carbons (Fsp3) is 0.583. The maximum absolute atomic E-state index is 4.25. The van der Waals surface area contributed by atoms with Crippen LogP contribution >= 0.6 is 24.8 Å². The van der Waals surface area contributed by atoms with Crippen molar-refractivity contribution in [2.75, 3.05) is 11.9 Å². The van der Waals surface area contributed by atoms with Crippen LogP contribution in [0.15, 0.2) is 24.4 Å². The van der Waals surface area contributed by atoms with E-state index in [4.69, 9.17) is 0 Å². The molecule has 0 amide bonds. The van der Waals surface area contributed by atoms with Gasteiger partial charge in [-0.15, -0.1) is 24.8 Å². The van der Waals surface area contributed by atoms with Crippen LogP contribution < -0.4 is 5.32 Å². The zero-order chi connectivity index (χ0) is 9.64. The molecule has 1 fully saturated rings. The van der Waals surface area contributed by atoms with E-state index < -0.39 is 0 Å². The highest BCUT2D eigenvalue weighted by atomic mass is 35.5. The molecule has 1 aliphatic rings. The second-order valence-corrected chi connectivity index (χ2v) is 4.10. The topological polar surface area (TPSA) is 24.9 Å². The molecule has 0 radical (unpaired) electrons. The van der Waals surface area contributed by atoms with Crippen LogP contribution in [-0.4, -0.2) is 11.5 Å². The van der Waals surface area contributed by atoms with Gasteiger partial charge in [0.2, 0.25) is 0 Å². The average molecular weight is 263 g/mol. The molecule has 2 nitrogen and oxygen atoms in total. The summed E-state index contributed by atoms with van der Waals surface area (Å²) < 4.78 is 0. The summed E-state index contributed by atoms with van der Waals surface area (Å²) in [6, 6.07) is 6.00. The Bertz CT molecular complexity index is 261. The van der Waals surface area contributed by atoms with Gasteiger partial charge in [0.15, 0.2) is 0 Å². The van der Waals surface area contributed by atoms with Gasteiger partial charge in [0.1, 0.15) is 5.82 Å². The van der Waals surface area contributed by atoms with Crippen molar-refractivity contribution in [3.05, 3.63) is 24.4 Å². The predicted octanol–water partition coefficient (Wildman–Crippen LogP) is 3.92. The molecular weight excluding hydrogens is 243 g/mol. The van der Waals surface area contributed by atoms with E-state index in [2.05, 4.69) is 10.3 Å². The summed E-state index contributed by atoms with van der Waals surface area (Å²) in [5, 5.41) is 3.40. The predicted molar refractivity (Wildman–Crippen MR) is 73.8 cm³/mol. The lowest BCUT2D eigenvalue weighted by molar-refractivity contribution is 0.373. The molecule has 1 N–H and O–H groups in total. The Morgan fingerprint density at radius 1 is 1.12 bits per heavy atom. The molecule has 1 heterocycles. The minimum atomic E-state index is 0. The quantitative estimate of drug-likeness (QED) is 0.894. The van der Waals surface area contributed by atoms with Crippen molar-refractivity contribution >= 4 is 30.6 Å². The van der Waals surface area contributed by atoms with E-state index >= 15 is 0 Å². The van der Waals surface area contributed by atoms with Gasteiger partial charge in [-0.25, -0.2) is 4.98 Å². The van der Waals surface area contributed by atoms with Crippen LogP contribution in [0.3, 0.4) is 0 Å². The first-order valence-electron chi connectivity index (χ1n) is 5.60. The molecule has 0 spiro atoms. The Kier molecular flexibility index (Phi) is 8.40. The monoisotopic (exact) mass is 262 g/mol. The van der Waals surface area contributed by atoms with E-state index in [1.807, 2.05) is 24.4 Å². The maximum Gasteiger partial charge on any atom is 0.125 e. The molecule has 0 bridgehead atoms. The number of halogens is 2. The Labute approximate surface area is 110 Å². The number of pyridine rings is 1. The van der Waals surface area contributed by atoms with Crippen molar-refractivity contribution in [1.82, 2.24) is 4.98 Å². The fourth-order valence-corrected chi connectivity index (χ4v) is 2.11. The van der Waals surface area contributed by atoms with E-state index in [-0.39, 0.29) is 24.8 Å². The van der Waals surface area contributed by atoms with Gasteiger partial charge in [-0.05, 0) is 30.9 Å². The molecule has 1 saturated carbocycles. The molecule has 92 valence electrons. The summed E-state index contributed by atoms with van der Waals surface area (Å²) in [5.74, 6) is 1.88. The number of nitrogens with one attached hydrogen (secondary N) is 1. The van der Waals surface area contributed by atoms with Crippen LogP contribution in [0.1, 0.15) is 32.1 Å². The van der Waals surface area contributed by atoms with Crippen molar-refractivity contribution in [1.29, 1.82) is 0 Å². The standard InChI is InChI=1S/C12H18N2.2ClH/c1-2-6-11(7-3-1)10-14-12-8-4-5-9-13-12;;/h4-5,8-9,11H,1-3,6-7,10H2,(H,13,14);2*1H. The van der Waals surface area contributed by atoms with Crippen molar-refractivity contribution in [2.45, 2.75) is 32.1 Å². The number of hydrogen-bond acceptors (Lipinski definition) is 2. The third-order valence-corrected chi connectivity index (χ3v) is 2.96. The smallest absolute Gasteiger partial charge is 0.125 e. The zero-order valence-electron chi connectivity index (χ0n) is 9.39. The number of nitrogens with zero attached hydrogens (tertiary/aromatic N) is 1. The summed E-state index contributed by atoms with van der Waals surface area (Å²) in [5.41, 5.74) is 0. The molecule has 0 atom stereocenters. The fourth-order valence-electron chi connectivity index (χ4n) is 2.11. The molecule has 1 aliphatic carbocycles. The number of aromatic nitrogens is 1. The van der Waals surface area contributed by atoms with Crippen LogP contribution in [-0.2, 0) is 0 Å². The van der Waals surface area contributed by atoms with Crippen LogP contribution in [0, 0.1) is 5.92 Å². The van der Waals surface area contributed by atoms with Gasteiger partial charge >= 0.3 is 0 Å². The third kappa shape index (κ3) is 5.04. The lowest BCUT2D eigenvalue weighted by Gasteiger charge is -2.21. The average Bonchev–Trinajstić information content (AvgIpc) is 2.29. The first-order valence-corrected chi connectivity index (χ1v) is 5.60. The first-order chi connectivity index (χ1) is 6.95. The lowest BCUT2D eigenvalue weighted by Crippen LogP contribution is -2.17. The van der Waals surface area contributed by atoms with Crippen molar-refractivity contribution in [3.8, 4) is 0 Å². The van der Waals surface area contributed by atoms with E-state index in [9.17, 15) is 0 Å². The molecular formula is C12H20Cl2N2. The van der Waals surface area contributed by atoms with Gasteiger partial charge in [-0.1, -0.05) is 25.3 Å². The van der Waals surface area contributed by atoms with Crippen molar-refractivity contribution in [3.63, 3.8) is 0 Å². The molecule has 0 aliphatic heterocycles. The second-order valence-electron chi connectivity index (χ2n) is 4.10. The summed E-state index contributed by atoms with van der Waals surface area (Å²) in [4.78, 5) is 4.25. The molecule has 1 aromatic rings. The summed E-state index contributed by atoms with van der Waals surface area (Å²) in [7, 11) is 0. The van der Waals surface area contributed by atoms with Crippen molar-refractivity contribution in [2.24, 2.45) is 5.92 Å². The summed E-state index contributed by atoms with van der Waals surface area (Å²) in [6.45, 7) is 1.09. The number of rotatable bonds is 3. The van der Waals surface area contributed by atoms with Gasteiger partial charge in [0.05, 0.1) is 0 Å². The molecule has 16 heavy (non-hydrogen) atoms.